The molecular weight excluding hydrogens is 371 g/mol. The molecular formula is C20H44Cl2N2O2. The molecule has 0 unspecified atom stereocenters. The molecule has 4 nitrogen and oxygen atoms in total. The average Bonchev–Trinajstić information content (AvgIpc) is 2.58. The maximum atomic E-state index is 11.7. The number of ether oxygens (including phenoxy) is 1. The Hall–Kier alpha value is -0.0300. The maximum Gasteiger partial charge on any atom is 0.322 e. The van der Waals surface area contributed by atoms with Crippen LogP contribution < -0.4 is 11.5 Å². The van der Waals surface area contributed by atoms with Crippen LogP contribution in [0, 0.1) is 0 Å². The van der Waals surface area contributed by atoms with Gasteiger partial charge >= 0.3 is 5.97 Å². The zero-order valence-corrected chi connectivity index (χ0v) is 18.5. The smallest absolute Gasteiger partial charge is 0.322 e. The van der Waals surface area contributed by atoms with Gasteiger partial charge in [0.15, 0.2) is 0 Å². The Bertz CT molecular complexity index is 283. The van der Waals surface area contributed by atoms with Gasteiger partial charge in [0.05, 0.1) is 6.61 Å². The van der Waals surface area contributed by atoms with Gasteiger partial charge in [-0.05, 0) is 25.8 Å². The van der Waals surface area contributed by atoms with Gasteiger partial charge in [-0.3, -0.25) is 4.79 Å². The van der Waals surface area contributed by atoms with E-state index in [1.54, 1.807) is 0 Å². The Morgan fingerprint density at radius 3 is 1.69 bits per heavy atom. The number of carbonyl (C=O) groups is 1. The van der Waals surface area contributed by atoms with Crippen LogP contribution in [0.5, 0.6) is 0 Å². The lowest BCUT2D eigenvalue weighted by molar-refractivity contribution is -0.145. The highest BCUT2D eigenvalue weighted by molar-refractivity contribution is 5.85. The van der Waals surface area contributed by atoms with Crippen molar-refractivity contribution in [2.45, 2.75) is 109 Å². The summed E-state index contributed by atoms with van der Waals surface area (Å²) in [4.78, 5) is 11.7. The van der Waals surface area contributed by atoms with E-state index in [1.807, 2.05) is 0 Å². The number of carbonyl (C=O) groups excluding carboxylic acids is 1. The predicted octanol–water partition coefficient (Wildman–Crippen LogP) is 5.53. The van der Waals surface area contributed by atoms with E-state index >= 15 is 0 Å². The predicted molar refractivity (Wildman–Crippen MR) is 117 cm³/mol. The summed E-state index contributed by atoms with van der Waals surface area (Å²) < 4.78 is 5.23. The monoisotopic (exact) mass is 414 g/mol. The van der Waals surface area contributed by atoms with Crippen molar-refractivity contribution in [2.75, 3.05) is 13.2 Å². The highest BCUT2D eigenvalue weighted by Gasteiger charge is 2.13. The van der Waals surface area contributed by atoms with E-state index in [-0.39, 0.29) is 30.8 Å². The van der Waals surface area contributed by atoms with Gasteiger partial charge in [-0.15, -0.1) is 24.8 Å². The van der Waals surface area contributed by atoms with Gasteiger partial charge in [-0.2, -0.15) is 0 Å². The molecule has 0 aliphatic carbocycles. The Kier molecular flexibility index (Phi) is 29.5. The molecule has 0 heterocycles. The normalized spacial score (nSPS) is 11.3. The number of unbranched alkanes of at least 4 members (excludes halogenated alkanes) is 12. The van der Waals surface area contributed by atoms with Crippen LogP contribution in [0.25, 0.3) is 0 Å². The topological polar surface area (TPSA) is 78.3 Å². The van der Waals surface area contributed by atoms with Crippen LogP contribution in [0.2, 0.25) is 0 Å². The molecule has 0 aliphatic heterocycles. The van der Waals surface area contributed by atoms with E-state index in [0.29, 0.717) is 19.6 Å². The van der Waals surface area contributed by atoms with Crippen molar-refractivity contribution >= 4 is 30.8 Å². The molecule has 0 fully saturated rings. The van der Waals surface area contributed by atoms with Gasteiger partial charge in [0.25, 0.3) is 0 Å². The summed E-state index contributed by atoms with van der Waals surface area (Å²) >= 11 is 0. The largest absolute Gasteiger partial charge is 0.465 e. The van der Waals surface area contributed by atoms with Gasteiger partial charge in [0.2, 0.25) is 0 Å². The second kappa shape index (κ2) is 25.0. The summed E-state index contributed by atoms with van der Waals surface area (Å²) in [5.74, 6) is -0.255. The third-order valence-corrected chi connectivity index (χ3v) is 4.51. The summed E-state index contributed by atoms with van der Waals surface area (Å²) in [7, 11) is 0. The number of halogens is 2. The van der Waals surface area contributed by atoms with Crippen molar-refractivity contribution in [1.29, 1.82) is 0 Å². The fourth-order valence-electron chi connectivity index (χ4n) is 2.85. The van der Waals surface area contributed by atoms with E-state index in [0.717, 1.165) is 25.7 Å². The Balaban J connectivity index is -0.00000264. The molecule has 0 aromatic carbocycles. The average molecular weight is 415 g/mol. The van der Waals surface area contributed by atoms with Crippen LogP contribution in [0.1, 0.15) is 103 Å². The first-order valence-electron chi connectivity index (χ1n) is 10.3. The molecule has 0 radical (unpaired) electrons. The fourth-order valence-corrected chi connectivity index (χ4v) is 2.85. The lowest BCUT2D eigenvalue weighted by Crippen LogP contribution is -2.32. The van der Waals surface area contributed by atoms with Crippen molar-refractivity contribution < 1.29 is 9.53 Å². The van der Waals surface area contributed by atoms with Crippen LogP contribution in [0.4, 0.5) is 0 Å². The number of nitrogens with two attached hydrogens (primary N) is 2. The fraction of sp³-hybridized carbons (Fsp3) is 0.950. The standard InChI is InChI=1S/C20H42N2O2.2ClH/c1-2-3-4-5-6-7-8-9-10-11-12-15-18-24-20(23)19(22)16-13-14-17-21;;/h19H,2-18,21-22H2,1H3;2*1H/t19-;;/m0../s1. The molecule has 0 amide bonds. The molecule has 0 aliphatic rings. The minimum absolute atomic E-state index is 0. The first kappa shape index (κ1) is 30.7. The van der Waals surface area contributed by atoms with Crippen LogP contribution in [0.3, 0.4) is 0 Å². The highest BCUT2D eigenvalue weighted by Crippen LogP contribution is 2.12. The van der Waals surface area contributed by atoms with Gasteiger partial charge in [0, 0.05) is 0 Å². The van der Waals surface area contributed by atoms with E-state index in [9.17, 15) is 4.79 Å². The molecule has 0 bridgehead atoms. The van der Waals surface area contributed by atoms with E-state index in [2.05, 4.69) is 6.92 Å². The lowest BCUT2D eigenvalue weighted by atomic mass is 10.1. The van der Waals surface area contributed by atoms with Crippen LogP contribution in [0.15, 0.2) is 0 Å². The third-order valence-electron chi connectivity index (χ3n) is 4.51. The highest BCUT2D eigenvalue weighted by atomic mass is 35.5. The Morgan fingerprint density at radius 1 is 0.769 bits per heavy atom. The quantitative estimate of drug-likeness (QED) is 0.228. The van der Waals surface area contributed by atoms with E-state index < -0.39 is 6.04 Å². The minimum atomic E-state index is -0.478. The molecule has 26 heavy (non-hydrogen) atoms. The van der Waals surface area contributed by atoms with E-state index in [4.69, 9.17) is 16.2 Å². The first-order chi connectivity index (χ1) is 11.7. The van der Waals surface area contributed by atoms with Crippen LogP contribution in [-0.4, -0.2) is 25.2 Å². The minimum Gasteiger partial charge on any atom is -0.465 e. The summed E-state index contributed by atoms with van der Waals surface area (Å²) in [6.45, 7) is 3.43. The zero-order chi connectivity index (χ0) is 17.9. The summed E-state index contributed by atoms with van der Waals surface area (Å²) in [5.41, 5.74) is 11.2. The Labute approximate surface area is 174 Å². The molecule has 0 spiro atoms. The summed E-state index contributed by atoms with van der Waals surface area (Å²) in [6, 6.07) is -0.478. The van der Waals surface area contributed by atoms with Gasteiger partial charge in [-0.1, -0.05) is 84.0 Å². The van der Waals surface area contributed by atoms with Crippen LogP contribution >= 0.6 is 24.8 Å². The van der Waals surface area contributed by atoms with E-state index in [1.165, 1.54) is 64.2 Å². The molecule has 0 aromatic rings. The summed E-state index contributed by atoms with van der Waals surface area (Å²) in [6.07, 6.45) is 18.2. The molecule has 4 N–H and O–H groups in total. The van der Waals surface area contributed by atoms with Gasteiger partial charge in [-0.25, -0.2) is 0 Å². The second-order valence-electron chi connectivity index (χ2n) is 6.95. The number of esters is 1. The van der Waals surface area contributed by atoms with Crippen molar-refractivity contribution in [1.82, 2.24) is 0 Å². The molecule has 1 atom stereocenters. The Morgan fingerprint density at radius 2 is 1.23 bits per heavy atom. The first-order valence-corrected chi connectivity index (χ1v) is 10.3. The van der Waals surface area contributed by atoms with Crippen LogP contribution in [-0.2, 0) is 9.53 Å². The molecule has 0 saturated carbocycles. The number of hydrogen-bond donors (Lipinski definition) is 2. The zero-order valence-electron chi connectivity index (χ0n) is 16.9. The van der Waals surface area contributed by atoms with Crippen molar-refractivity contribution in [3.8, 4) is 0 Å². The lowest BCUT2D eigenvalue weighted by Gasteiger charge is -2.11. The molecule has 0 saturated heterocycles. The molecule has 6 heteroatoms. The summed E-state index contributed by atoms with van der Waals surface area (Å²) in [5, 5.41) is 0. The maximum absolute atomic E-state index is 11.7. The molecule has 160 valence electrons. The SMILES string of the molecule is CCCCCCCCCCCCCCOC(=O)[C@@H](N)CCCCN.Cl.Cl. The van der Waals surface area contributed by atoms with Crippen molar-refractivity contribution in [2.24, 2.45) is 11.5 Å². The van der Waals surface area contributed by atoms with Crippen molar-refractivity contribution in [3.63, 3.8) is 0 Å². The number of hydrogen-bond acceptors (Lipinski definition) is 4. The molecule has 0 aromatic heterocycles. The van der Waals surface area contributed by atoms with Crippen molar-refractivity contribution in [3.05, 3.63) is 0 Å². The third kappa shape index (κ3) is 22.0. The number of rotatable bonds is 18. The van der Waals surface area contributed by atoms with Gasteiger partial charge < -0.3 is 16.2 Å². The molecule has 0 rings (SSSR count). The second-order valence-corrected chi connectivity index (χ2v) is 6.95. The van der Waals surface area contributed by atoms with Gasteiger partial charge in [0.1, 0.15) is 6.04 Å².